The van der Waals surface area contributed by atoms with Crippen molar-refractivity contribution in [1.82, 2.24) is 29.7 Å². The van der Waals surface area contributed by atoms with E-state index in [-0.39, 0.29) is 37.4 Å². The molecule has 1 saturated heterocycles. The molecule has 2 amide bonds. The van der Waals surface area contributed by atoms with Crippen molar-refractivity contribution in [1.29, 1.82) is 0 Å². The molecule has 0 unspecified atom stereocenters. The van der Waals surface area contributed by atoms with E-state index in [2.05, 4.69) is 20.3 Å². The molecule has 140 valence electrons. The van der Waals surface area contributed by atoms with Crippen LogP contribution in [0.5, 0.6) is 0 Å². The van der Waals surface area contributed by atoms with E-state index >= 15 is 0 Å². The number of rotatable bonds is 6. The summed E-state index contributed by atoms with van der Waals surface area (Å²) in [4.78, 5) is 37.2. The molecule has 2 aromatic heterocycles. The number of β-amino-alcohol motifs (C(OH)–C–C–N with tert-alkyl or cyclic N) is 1. The normalized spacial score (nSPS) is 19.9. The maximum Gasteiger partial charge on any atom is 0.274 e. The lowest BCUT2D eigenvalue weighted by Gasteiger charge is -2.16. The highest BCUT2D eigenvalue weighted by molar-refractivity contribution is 5.92. The van der Waals surface area contributed by atoms with Gasteiger partial charge in [0.1, 0.15) is 5.69 Å². The number of likely N-dealkylation sites (tertiary alicyclic amines) is 1. The van der Waals surface area contributed by atoms with Crippen LogP contribution in [0.4, 0.5) is 0 Å². The van der Waals surface area contributed by atoms with Crippen LogP contribution in [0, 0.1) is 0 Å². The average Bonchev–Trinajstić information content (AvgIpc) is 3.34. The number of hydrogen-bond donors (Lipinski definition) is 3. The van der Waals surface area contributed by atoms with Gasteiger partial charge in [-0.2, -0.15) is 0 Å². The van der Waals surface area contributed by atoms with Gasteiger partial charge in [-0.25, -0.2) is 9.97 Å². The first kappa shape index (κ1) is 18.1. The minimum absolute atomic E-state index is 0.165. The van der Waals surface area contributed by atoms with Crippen LogP contribution in [0.2, 0.25) is 0 Å². The quantitative estimate of drug-likeness (QED) is 0.677. The molecule has 26 heavy (non-hydrogen) atoms. The van der Waals surface area contributed by atoms with Crippen molar-refractivity contribution in [2.45, 2.75) is 44.9 Å². The van der Waals surface area contributed by atoms with Gasteiger partial charge in [0.2, 0.25) is 5.91 Å². The molecule has 3 rings (SSSR count). The van der Waals surface area contributed by atoms with Crippen LogP contribution in [0.15, 0.2) is 25.0 Å². The van der Waals surface area contributed by atoms with Crippen molar-refractivity contribution in [3.8, 4) is 0 Å². The number of aliphatic hydroxyl groups is 1. The zero-order valence-corrected chi connectivity index (χ0v) is 14.9. The Labute approximate surface area is 151 Å². The number of nitrogens with one attached hydrogen (secondary N) is 2. The number of aryl methyl sites for hydroxylation is 1. The number of aliphatic hydroxyl groups excluding tert-OH is 1. The maximum absolute atomic E-state index is 12.6. The number of aromatic amines is 1. The number of H-pyrrole nitrogens is 1. The minimum atomic E-state index is -0.790. The van der Waals surface area contributed by atoms with E-state index in [9.17, 15) is 14.7 Å². The smallest absolute Gasteiger partial charge is 0.274 e. The molecule has 1 fully saturated rings. The molecule has 3 N–H and O–H groups in total. The Morgan fingerprint density at radius 1 is 1.42 bits per heavy atom. The van der Waals surface area contributed by atoms with Crippen LogP contribution in [0.1, 0.15) is 42.5 Å². The van der Waals surface area contributed by atoms with Gasteiger partial charge in [-0.05, 0) is 20.3 Å². The van der Waals surface area contributed by atoms with Crippen LogP contribution < -0.4 is 5.32 Å². The Bertz CT molecular complexity index is 754. The zero-order valence-electron chi connectivity index (χ0n) is 14.9. The largest absolute Gasteiger partial charge is 0.389 e. The Kier molecular flexibility index (Phi) is 5.36. The second-order valence-electron chi connectivity index (χ2n) is 6.83. The van der Waals surface area contributed by atoms with Crippen molar-refractivity contribution in [3.05, 3.63) is 36.4 Å². The highest BCUT2D eigenvalue weighted by Crippen LogP contribution is 2.15. The summed E-state index contributed by atoms with van der Waals surface area (Å²) >= 11 is 0. The molecule has 0 aromatic carbocycles. The number of hydrogen-bond acceptors (Lipinski definition) is 5. The molecule has 2 aromatic rings. The van der Waals surface area contributed by atoms with Crippen LogP contribution in [-0.2, 0) is 11.2 Å². The lowest BCUT2D eigenvalue weighted by molar-refractivity contribution is -0.122. The standard InChI is InChI=1S/C17H24N6O3/c1-11(2)23-7-14(20-10-23)17(26)22-6-13(15(24)8-22)21-16(25)4-3-12-5-18-9-19-12/h5,7,9-11,13,15,24H,3-4,6,8H2,1-2H3,(H,18,19)(H,21,25)/t13-,15+/m0/s1. The number of imidazole rings is 2. The van der Waals surface area contributed by atoms with Gasteiger partial charge in [0.25, 0.3) is 5.91 Å². The van der Waals surface area contributed by atoms with Gasteiger partial charge in [-0.1, -0.05) is 0 Å². The summed E-state index contributed by atoms with van der Waals surface area (Å²) in [6.45, 7) is 4.46. The fourth-order valence-corrected chi connectivity index (χ4v) is 2.93. The number of aromatic nitrogens is 4. The zero-order chi connectivity index (χ0) is 18.7. The molecule has 9 nitrogen and oxygen atoms in total. The van der Waals surface area contributed by atoms with E-state index < -0.39 is 12.1 Å². The van der Waals surface area contributed by atoms with Crippen molar-refractivity contribution in [2.75, 3.05) is 13.1 Å². The van der Waals surface area contributed by atoms with Gasteiger partial charge in [-0.3, -0.25) is 9.59 Å². The molecule has 9 heteroatoms. The lowest BCUT2D eigenvalue weighted by Crippen LogP contribution is -2.43. The molecule has 0 saturated carbocycles. The summed E-state index contributed by atoms with van der Waals surface area (Å²) in [6, 6.07) is -0.254. The average molecular weight is 360 g/mol. The molecular weight excluding hydrogens is 336 g/mol. The molecule has 3 heterocycles. The minimum Gasteiger partial charge on any atom is -0.389 e. The van der Waals surface area contributed by atoms with Gasteiger partial charge < -0.3 is 24.9 Å². The van der Waals surface area contributed by atoms with Crippen LogP contribution in [0.3, 0.4) is 0 Å². The van der Waals surface area contributed by atoms with Crippen LogP contribution >= 0.6 is 0 Å². The molecule has 0 spiro atoms. The highest BCUT2D eigenvalue weighted by Gasteiger charge is 2.35. The predicted molar refractivity (Wildman–Crippen MR) is 93.4 cm³/mol. The first-order valence-electron chi connectivity index (χ1n) is 8.71. The molecule has 0 radical (unpaired) electrons. The molecule has 0 aliphatic carbocycles. The predicted octanol–water partition coefficient (Wildman–Crippen LogP) is 0.121. The van der Waals surface area contributed by atoms with E-state index in [0.29, 0.717) is 12.1 Å². The summed E-state index contributed by atoms with van der Waals surface area (Å²) in [5.41, 5.74) is 1.22. The monoisotopic (exact) mass is 360 g/mol. The number of carbonyl (C=O) groups excluding carboxylic acids is 2. The SMILES string of the molecule is CC(C)n1cnc(C(=O)N2C[C@@H](O)[C@@H](NC(=O)CCc3cnc[nH]3)C2)c1. The Morgan fingerprint density at radius 3 is 2.88 bits per heavy atom. The van der Waals surface area contributed by atoms with Gasteiger partial charge in [0, 0.05) is 43.6 Å². The molecule has 1 aliphatic heterocycles. The van der Waals surface area contributed by atoms with Gasteiger partial charge in [-0.15, -0.1) is 0 Å². The van der Waals surface area contributed by atoms with E-state index in [0.717, 1.165) is 5.69 Å². The fraction of sp³-hybridized carbons (Fsp3) is 0.529. The summed E-state index contributed by atoms with van der Waals surface area (Å²) in [7, 11) is 0. The lowest BCUT2D eigenvalue weighted by atomic mass is 10.2. The van der Waals surface area contributed by atoms with Gasteiger partial charge in [0.05, 0.1) is 24.8 Å². The van der Waals surface area contributed by atoms with E-state index in [4.69, 9.17) is 0 Å². The highest BCUT2D eigenvalue weighted by atomic mass is 16.3. The first-order valence-corrected chi connectivity index (χ1v) is 8.71. The van der Waals surface area contributed by atoms with Gasteiger partial charge >= 0.3 is 0 Å². The number of amides is 2. The summed E-state index contributed by atoms with van der Waals surface area (Å²) < 4.78 is 1.86. The Balaban J connectivity index is 1.53. The number of carbonyl (C=O) groups is 2. The van der Waals surface area contributed by atoms with Crippen molar-refractivity contribution < 1.29 is 14.7 Å². The second-order valence-corrected chi connectivity index (χ2v) is 6.83. The Morgan fingerprint density at radius 2 is 2.23 bits per heavy atom. The molecule has 2 atom stereocenters. The third-order valence-corrected chi connectivity index (χ3v) is 4.52. The topological polar surface area (TPSA) is 116 Å². The van der Waals surface area contributed by atoms with Crippen LogP contribution in [-0.4, -0.2) is 66.6 Å². The van der Waals surface area contributed by atoms with E-state index in [1.807, 2.05) is 18.4 Å². The van der Waals surface area contributed by atoms with Crippen molar-refractivity contribution in [2.24, 2.45) is 0 Å². The maximum atomic E-state index is 12.6. The summed E-state index contributed by atoms with van der Waals surface area (Å²) in [6.07, 6.45) is 6.62. The molecule has 0 bridgehead atoms. The molecular formula is C17H24N6O3. The third-order valence-electron chi connectivity index (χ3n) is 4.52. The van der Waals surface area contributed by atoms with E-state index in [1.165, 1.54) is 4.90 Å². The second kappa shape index (κ2) is 7.69. The summed E-state index contributed by atoms with van der Waals surface area (Å²) in [5, 5.41) is 13.0. The third kappa shape index (κ3) is 4.10. The van der Waals surface area contributed by atoms with Crippen molar-refractivity contribution >= 4 is 11.8 Å². The van der Waals surface area contributed by atoms with Gasteiger partial charge in [0.15, 0.2) is 0 Å². The molecule has 1 aliphatic rings. The van der Waals surface area contributed by atoms with Crippen LogP contribution in [0.25, 0.3) is 0 Å². The van der Waals surface area contributed by atoms with E-state index in [1.54, 1.807) is 25.0 Å². The Hall–Kier alpha value is -2.68. The fourth-order valence-electron chi connectivity index (χ4n) is 2.93. The first-order chi connectivity index (χ1) is 12.4. The summed E-state index contributed by atoms with van der Waals surface area (Å²) in [5.74, 6) is -0.403. The van der Waals surface area contributed by atoms with Crippen molar-refractivity contribution in [3.63, 3.8) is 0 Å². The number of nitrogens with zero attached hydrogens (tertiary/aromatic N) is 4.